The maximum Gasteiger partial charge on any atom is 0.287 e. The van der Waals surface area contributed by atoms with Crippen molar-refractivity contribution in [1.82, 2.24) is 14.9 Å². The Morgan fingerprint density at radius 1 is 1.20 bits per heavy atom. The van der Waals surface area contributed by atoms with Crippen LogP contribution in [0.2, 0.25) is 0 Å². The SMILES string of the molecule is CCNC(=O)c1nc2ccc(Oc3c(Br)cccc3Br)cc2n1CC. The average Bonchev–Trinajstić information content (AvgIpc) is 2.96. The van der Waals surface area contributed by atoms with Crippen LogP contribution >= 0.6 is 31.9 Å². The Hall–Kier alpha value is -1.86. The Kier molecular flexibility index (Phi) is 5.44. The van der Waals surface area contributed by atoms with Gasteiger partial charge in [0, 0.05) is 19.2 Å². The van der Waals surface area contributed by atoms with Gasteiger partial charge in [0.05, 0.1) is 20.0 Å². The van der Waals surface area contributed by atoms with E-state index in [4.69, 9.17) is 4.74 Å². The largest absolute Gasteiger partial charge is 0.455 e. The first-order valence-electron chi connectivity index (χ1n) is 7.95. The summed E-state index contributed by atoms with van der Waals surface area (Å²) < 4.78 is 9.63. The number of hydrogen-bond donors (Lipinski definition) is 1. The minimum absolute atomic E-state index is 0.170. The van der Waals surface area contributed by atoms with Crippen molar-refractivity contribution in [2.45, 2.75) is 20.4 Å². The molecule has 0 saturated carbocycles. The number of carbonyl (C=O) groups is 1. The molecule has 1 N–H and O–H groups in total. The number of nitrogens with one attached hydrogen (secondary N) is 1. The lowest BCUT2D eigenvalue weighted by Crippen LogP contribution is -2.26. The second-order valence-corrected chi connectivity index (χ2v) is 7.05. The Morgan fingerprint density at radius 3 is 2.56 bits per heavy atom. The second kappa shape index (κ2) is 7.58. The van der Waals surface area contributed by atoms with Gasteiger partial charge in [-0.05, 0) is 70.0 Å². The first-order valence-corrected chi connectivity index (χ1v) is 9.54. The minimum Gasteiger partial charge on any atom is -0.455 e. The van der Waals surface area contributed by atoms with E-state index in [2.05, 4.69) is 42.2 Å². The van der Waals surface area contributed by atoms with E-state index < -0.39 is 0 Å². The number of amides is 1. The lowest BCUT2D eigenvalue weighted by Gasteiger charge is -2.10. The van der Waals surface area contributed by atoms with Crippen molar-refractivity contribution in [2.75, 3.05) is 6.54 Å². The van der Waals surface area contributed by atoms with Crippen LogP contribution in [0.3, 0.4) is 0 Å². The molecule has 0 bridgehead atoms. The lowest BCUT2D eigenvalue weighted by molar-refractivity contribution is 0.0942. The summed E-state index contributed by atoms with van der Waals surface area (Å²) in [5.74, 6) is 1.63. The van der Waals surface area contributed by atoms with Gasteiger partial charge >= 0.3 is 0 Å². The molecule has 2 aromatic carbocycles. The van der Waals surface area contributed by atoms with Gasteiger partial charge in [0.2, 0.25) is 0 Å². The van der Waals surface area contributed by atoms with Crippen LogP contribution in [0.4, 0.5) is 0 Å². The normalized spacial score (nSPS) is 10.9. The number of hydrogen-bond acceptors (Lipinski definition) is 3. The molecule has 0 fully saturated rings. The van der Waals surface area contributed by atoms with E-state index in [1.807, 2.05) is 54.8 Å². The Morgan fingerprint density at radius 2 is 1.92 bits per heavy atom. The molecule has 5 nitrogen and oxygen atoms in total. The van der Waals surface area contributed by atoms with Crippen molar-refractivity contribution in [1.29, 1.82) is 0 Å². The number of fused-ring (bicyclic) bond motifs is 1. The van der Waals surface area contributed by atoms with Crippen LogP contribution in [-0.4, -0.2) is 22.0 Å². The molecule has 1 amide bonds. The second-order valence-electron chi connectivity index (χ2n) is 5.34. The summed E-state index contributed by atoms with van der Waals surface area (Å²) in [7, 11) is 0. The van der Waals surface area contributed by atoms with Gasteiger partial charge in [0.25, 0.3) is 5.91 Å². The molecular weight excluding hydrogens is 450 g/mol. The smallest absolute Gasteiger partial charge is 0.287 e. The van der Waals surface area contributed by atoms with Gasteiger partial charge in [-0.2, -0.15) is 0 Å². The van der Waals surface area contributed by atoms with E-state index in [1.54, 1.807) is 0 Å². The highest BCUT2D eigenvalue weighted by Crippen LogP contribution is 2.37. The van der Waals surface area contributed by atoms with Crippen LogP contribution < -0.4 is 10.1 Å². The molecule has 0 atom stereocenters. The monoisotopic (exact) mass is 465 g/mol. The van der Waals surface area contributed by atoms with E-state index in [1.165, 1.54) is 0 Å². The Balaban J connectivity index is 2.03. The molecule has 0 aliphatic rings. The number of imidazole rings is 1. The first kappa shape index (κ1) is 17.9. The maximum atomic E-state index is 12.2. The lowest BCUT2D eigenvalue weighted by atomic mass is 10.3. The summed E-state index contributed by atoms with van der Waals surface area (Å²) in [5.41, 5.74) is 1.63. The summed E-state index contributed by atoms with van der Waals surface area (Å²) in [6.07, 6.45) is 0. The summed E-state index contributed by atoms with van der Waals surface area (Å²) in [6.45, 7) is 5.08. The standard InChI is InChI=1S/C18H17Br2N3O2/c1-3-21-18(24)17-22-14-9-8-11(10-15(14)23(17)4-2)25-16-12(19)6-5-7-13(16)20/h5-10H,3-4H2,1-2H3,(H,21,24). The number of ether oxygens (including phenoxy) is 1. The first-order chi connectivity index (χ1) is 12.0. The van der Waals surface area contributed by atoms with Crippen molar-refractivity contribution in [3.05, 3.63) is 51.2 Å². The van der Waals surface area contributed by atoms with E-state index in [9.17, 15) is 4.79 Å². The molecule has 1 aromatic heterocycles. The van der Waals surface area contributed by atoms with Gasteiger partial charge in [-0.1, -0.05) is 6.07 Å². The van der Waals surface area contributed by atoms with Gasteiger partial charge < -0.3 is 14.6 Å². The third kappa shape index (κ3) is 3.57. The van der Waals surface area contributed by atoms with Crippen LogP contribution in [0.25, 0.3) is 11.0 Å². The van der Waals surface area contributed by atoms with Gasteiger partial charge in [-0.15, -0.1) is 0 Å². The van der Waals surface area contributed by atoms with Crippen LogP contribution in [0.1, 0.15) is 24.5 Å². The number of aryl methyl sites for hydroxylation is 1. The third-order valence-corrected chi connectivity index (χ3v) is 4.96. The fourth-order valence-electron chi connectivity index (χ4n) is 2.60. The molecule has 0 unspecified atom stereocenters. The number of rotatable bonds is 5. The molecule has 0 saturated heterocycles. The summed E-state index contributed by atoms with van der Waals surface area (Å²) in [6, 6.07) is 11.4. The summed E-state index contributed by atoms with van der Waals surface area (Å²) >= 11 is 6.99. The molecule has 130 valence electrons. The van der Waals surface area contributed by atoms with Crippen LogP contribution in [0.15, 0.2) is 45.3 Å². The topological polar surface area (TPSA) is 56.1 Å². The number of nitrogens with zero attached hydrogens (tertiary/aromatic N) is 2. The summed E-state index contributed by atoms with van der Waals surface area (Å²) in [4.78, 5) is 16.7. The molecular formula is C18H17Br2N3O2. The number of aromatic nitrogens is 2. The average molecular weight is 467 g/mol. The fraction of sp³-hybridized carbons (Fsp3) is 0.222. The van der Waals surface area contributed by atoms with Crippen molar-refractivity contribution in [3.8, 4) is 11.5 Å². The molecule has 0 aliphatic heterocycles. The van der Waals surface area contributed by atoms with Crippen molar-refractivity contribution in [3.63, 3.8) is 0 Å². The van der Waals surface area contributed by atoms with Crippen molar-refractivity contribution < 1.29 is 9.53 Å². The van der Waals surface area contributed by atoms with Crippen molar-refractivity contribution in [2.24, 2.45) is 0 Å². The minimum atomic E-state index is -0.170. The maximum absolute atomic E-state index is 12.2. The predicted octanol–water partition coefficient (Wildman–Crippen LogP) is 5.12. The predicted molar refractivity (Wildman–Crippen MR) is 105 cm³/mol. The number of carbonyl (C=O) groups excluding carboxylic acids is 1. The zero-order valence-electron chi connectivity index (χ0n) is 13.8. The highest BCUT2D eigenvalue weighted by Gasteiger charge is 2.17. The molecule has 7 heteroatoms. The van der Waals surface area contributed by atoms with E-state index >= 15 is 0 Å². The molecule has 0 aliphatic carbocycles. The van der Waals surface area contributed by atoms with Gasteiger partial charge in [0.15, 0.2) is 11.6 Å². The Bertz CT molecular complexity index is 917. The molecule has 3 aromatic rings. The molecule has 0 radical (unpaired) electrons. The van der Waals surface area contributed by atoms with E-state index in [-0.39, 0.29) is 5.91 Å². The van der Waals surface area contributed by atoms with E-state index in [0.717, 1.165) is 20.0 Å². The zero-order chi connectivity index (χ0) is 18.0. The molecule has 25 heavy (non-hydrogen) atoms. The highest BCUT2D eigenvalue weighted by atomic mass is 79.9. The quantitative estimate of drug-likeness (QED) is 0.567. The van der Waals surface area contributed by atoms with Crippen LogP contribution in [0.5, 0.6) is 11.5 Å². The Labute approximate surface area is 162 Å². The molecule has 3 rings (SSSR count). The summed E-state index contributed by atoms with van der Waals surface area (Å²) in [5, 5.41) is 2.80. The number of para-hydroxylation sites is 1. The van der Waals surface area contributed by atoms with Gasteiger partial charge in [-0.3, -0.25) is 4.79 Å². The van der Waals surface area contributed by atoms with Gasteiger partial charge in [-0.25, -0.2) is 4.98 Å². The number of halogens is 2. The van der Waals surface area contributed by atoms with Crippen LogP contribution in [-0.2, 0) is 6.54 Å². The van der Waals surface area contributed by atoms with Crippen molar-refractivity contribution >= 4 is 48.8 Å². The fourth-order valence-corrected chi connectivity index (χ4v) is 3.76. The van der Waals surface area contributed by atoms with Crippen LogP contribution in [0, 0.1) is 0 Å². The zero-order valence-corrected chi connectivity index (χ0v) is 17.0. The molecule has 1 heterocycles. The number of benzene rings is 2. The molecule has 0 spiro atoms. The van der Waals surface area contributed by atoms with E-state index in [0.29, 0.717) is 30.4 Å². The highest BCUT2D eigenvalue weighted by molar-refractivity contribution is 9.11. The third-order valence-electron chi connectivity index (χ3n) is 3.72. The van der Waals surface area contributed by atoms with Gasteiger partial charge in [0.1, 0.15) is 5.75 Å².